The van der Waals surface area contributed by atoms with Gasteiger partial charge in [-0.25, -0.2) is 0 Å². The van der Waals surface area contributed by atoms with Crippen LogP contribution in [0.15, 0.2) is 81.8 Å². The van der Waals surface area contributed by atoms with E-state index in [2.05, 4.69) is 22.0 Å². The summed E-state index contributed by atoms with van der Waals surface area (Å²) >= 11 is 2.76. The Bertz CT molecular complexity index is 1450. The number of nitrogens with zero attached hydrogens (tertiary/aromatic N) is 1. The summed E-state index contributed by atoms with van der Waals surface area (Å²) in [6, 6.07) is 19.5. The first kappa shape index (κ1) is 26.3. The number of nitriles is 1. The highest BCUT2D eigenvalue weighted by Crippen LogP contribution is 2.42. The van der Waals surface area contributed by atoms with Crippen molar-refractivity contribution in [3.05, 3.63) is 103 Å². The zero-order valence-electron chi connectivity index (χ0n) is 21.1. The normalized spacial score (nSPS) is 15.2. The SMILES string of the molecule is CC1=C(C(=O)Nc2ccccc2C)C(c2cccs2)C(C#N)=C(SCC(=O)Nc2cccc(C)c2C)N1. The van der Waals surface area contributed by atoms with Crippen molar-refractivity contribution in [1.82, 2.24) is 5.32 Å². The van der Waals surface area contributed by atoms with Crippen LogP contribution in [0.1, 0.15) is 34.4 Å². The van der Waals surface area contributed by atoms with E-state index >= 15 is 0 Å². The largest absolute Gasteiger partial charge is 0.353 e. The molecule has 0 saturated heterocycles. The molecule has 1 aromatic heterocycles. The number of hydrogen-bond donors (Lipinski definition) is 3. The molecule has 2 amide bonds. The minimum Gasteiger partial charge on any atom is -0.353 e. The number of anilines is 2. The van der Waals surface area contributed by atoms with Gasteiger partial charge in [0.05, 0.1) is 28.3 Å². The highest BCUT2D eigenvalue weighted by Gasteiger charge is 2.35. The highest BCUT2D eigenvalue weighted by atomic mass is 32.2. The van der Waals surface area contributed by atoms with Gasteiger partial charge in [0.15, 0.2) is 0 Å². The molecule has 4 rings (SSSR count). The second kappa shape index (κ2) is 11.5. The van der Waals surface area contributed by atoms with Crippen LogP contribution in [0, 0.1) is 32.1 Å². The van der Waals surface area contributed by atoms with Crippen molar-refractivity contribution >= 4 is 46.3 Å². The highest BCUT2D eigenvalue weighted by molar-refractivity contribution is 8.03. The Labute approximate surface area is 225 Å². The van der Waals surface area contributed by atoms with E-state index in [0.29, 0.717) is 21.9 Å². The lowest BCUT2D eigenvalue weighted by molar-refractivity contribution is -0.114. The van der Waals surface area contributed by atoms with Crippen molar-refractivity contribution < 1.29 is 9.59 Å². The third-order valence-corrected chi connectivity index (χ3v) is 8.29. The molecule has 37 heavy (non-hydrogen) atoms. The van der Waals surface area contributed by atoms with Crippen LogP contribution in [-0.2, 0) is 9.59 Å². The van der Waals surface area contributed by atoms with Gasteiger partial charge in [-0.3, -0.25) is 9.59 Å². The second-order valence-electron chi connectivity index (χ2n) is 8.82. The number of thiophene rings is 1. The van der Waals surface area contributed by atoms with E-state index in [1.165, 1.54) is 23.1 Å². The van der Waals surface area contributed by atoms with E-state index in [1.54, 1.807) is 0 Å². The molecule has 8 heteroatoms. The van der Waals surface area contributed by atoms with Crippen molar-refractivity contribution in [2.75, 3.05) is 16.4 Å². The van der Waals surface area contributed by atoms with Crippen LogP contribution < -0.4 is 16.0 Å². The molecular weight excluding hydrogens is 500 g/mol. The molecular formula is C29H28N4O2S2. The Hall–Kier alpha value is -3.80. The molecule has 1 aliphatic heterocycles. The first-order valence-electron chi connectivity index (χ1n) is 11.8. The number of allylic oxidation sites excluding steroid dienone is 2. The predicted molar refractivity (Wildman–Crippen MR) is 152 cm³/mol. The van der Waals surface area contributed by atoms with Gasteiger partial charge in [-0.1, -0.05) is 48.2 Å². The number of thioether (sulfide) groups is 1. The van der Waals surface area contributed by atoms with E-state index in [1.807, 2.05) is 87.7 Å². The van der Waals surface area contributed by atoms with Gasteiger partial charge in [-0.05, 0) is 68.0 Å². The molecule has 0 bridgehead atoms. The van der Waals surface area contributed by atoms with Crippen molar-refractivity contribution in [3.8, 4) is 6.07 Å². The monoisotopic (exact) mass is 528 g/mol. The van der Waals surface area contributed by atoms with Crippen LogP contribution in [-0.4, -0.2) is 17.6 Å². The van der Waals surface area contributed by atoms with Gasteiger partial charge in [-0.15, -0.1) is 11.3 Å². The number of dihydropyridines is 1. The van der Waals surface area contributed by atoms with Crippen molar-refractivity contribution in [2.24, 2.45) is 0 Å². The van der Waals surface area contributed by atoms with E-state index in [9.17, 15) is 14.9 Å². The van der Waals surface area contributed by atoms with E-state index in [0.717, 1.165) is 32.9 Å². The van der Waals surface area contributed by atoms with Crippen LogP contribution in [0.25, 0.3) is 0 Å². The first-order valence-corrected chi connectivity index (χ1v) is 13.7. The Balaban J connectivity index is 1.59. The standard InChI is InChI=1S/C29H28N4O2S2/c1-17-10-7-12-23(19(17)3)32-25(34)16-37-29-21(15-30)27(24-13-8-14-36-24)26(20(4)31-29)28(35)33-22-11-6-5-9-18(22)2/h5-14,27,31H,16H2,1-4H3,(H,32,34)(H,33,35). The number of para-hydroxylation sites is 1. The lowest BCUT2D eigenvalue weighted by Crippen LogP contribution is -2.31. The Morgan fingerprint density at radius 1 is 0.973 bits per heavy atom. The van der Waals surface area contributed by atoms with Gasteiger partial charge in [0.1, 0.15) is 0 Å². The summed E-state index contributed by atoms with van der Waals surface area (Å²) < 4.78 is 0. The summed E-state index contributed by atoms with van der Waals surface area (Å²) in [5.74, 6) is -0.833. The fourth-order valence-corrected chi connectivity index (χ4v) is 5.92. The van der Waals surface area contributed by atoms with Gasteiger partial charge in [0.25, 0.3) is 5.91 Å². The minimum absolute atomic E-state index is 0.121. The summed E-state index contributed by atoms with van der Waals surface area (Å²) in [5, 5.41) is 21.9. The molecule has 6 nitrogen and oxygen atoms in total. The average molecular weight is 529 g/mol. The van der Waals surface area contributed by atoms with Crippen LogP contribution in [0.2, 0.25) is 0 Å². The molecule has 0 aliphatic carbocycles. The predicted octanol–water partition coefficient (Wildman–Crippen LogP) is 6.38. The fourth-order valence-electron chi connectivity index (χ4n) is 4.18. The first-order chi connectivity index (χ1) is 17.8. The van der Waals surface area contributed by atoms with Crippen LogP contribution in [0.4, 0.5) is 11.4 Å². The fraction of sp³-hybridized carbons (Fsp3) is 0.207. The summed E-state index contributed by atoms with van der Waals surface area (Å²) in [6.45, 7) is 7.74. The van der Waals surface area contributed by atoms with E-state index < -0.39 is 5.92 Å². The molecule has 2 heterocycles. The lowest BCUT2D eigenvalue weighted by atomic mass is 9.86. The summed E-state index contributed by atoms with van der Waals surface area (Å²) in [6.07, 6.45) is 0. The zero-order valence-corrected chi connectivity index (χ0v) is 22.8. The number of amides is 2. The number of hydrogen-bond acceptors (Lipinski definition) is 6. The van der Waals surface area contributed by atoms with E-state index in [-0.39, 0.29) is 17.6 Å². The molecule has 3 aromatic rings. The summed E-state index contributed by atoms with van der Waals surface area (Å²) in [5.41, 5.74) is 6.15. The number of benzene rings is 2. The Morgan fingerprint density at radius 3 is 2.41 bits per heavy atom. The molecule has 188 valence electrons. The van der Waals surface area contributed by atoms with Crippen LogP contribution >= 0.6 is 23.1 Å². The summed E-state index contributed by atoms with van der Waals surface area (Å²) in [7, 11) is 0. The van der Waals surface area contributed by atoms with Gasteiger partial charge in [0, 0.05) is 27.5 Å². The molecule has 0 radical (unpaired) electrons. The molecule has 1 atom stereocenters. The quantitative estimate of drug-likeness (QED) is 0.331. The maximum absolute atomic E-state index is 13.5. The van der Waals surface area contributed by atoms with Crippen molar-refractivity contribution in [3.63, 3.8) is 0 Å². The number of nitrogens with one attached hydrogen (secondary N) is 3. The molecule has 1 unspecified atom stereocenters. The second-order valence-corrected chi connectivity index (χ2v) is 10.8. The van der Waals surface area contributed by atoms with Crippen molar-refractivity contribution in [2.45, 2.75) is 33.6 Å². The molecule has 3 N–H and O–H groups in total. The van der Waals surface area contributed by atoms with Crippen LogP contribution in [0.3, 0.4) is 0 Å². The van der Waals surface area contributed by atoms with Crippen molar-refractivity contribution in [1.29, 1.82) is 5.26 Å². The Morgan fingerprint density at radius 2 is 1.70 bits per heavy atom. The smallest absolute Gasteiger partial charge is 0.254 e. The van der Waals surface area contributed by atoms with Gasteiger partial charge >= 0.3 is 0 Å². The van der Waals surface area contributed by atoms with E-state index in [4.69, 9.17) is 0 Å². The zero-order chi connectivity index (χ0) is 26.5. The molecule has 0 spiro atoms. The summed E-state index contributed by atoms with van der Waals surface area (Å²) in [4.78, 5) is 27.2. The molecule has 1 aliphatic rings. The Kier molecular flexibility index (Phi) is 8.17. The number of carbonyl (C=O) groups excluding carboxylic acids is 2. The third-order valence-electron chi connectivity index (χ3n) is 6.34. The topological polar surface area (TPSA) is 94.0 Å². The number of aryl methyl sites for hydroxylation is 2. The number of rotatable bonds is 7. The van der Waals surface area contributed by atoms with Gasteiger partial charge in [-0.2, -0.15) is 5.26 Å². The molecule has 0 fully saturated rings. The average Bonchev–Trinajstić information content (AvgIpc) is 3.41. The molecule has 0 saturated carbocycles. The third kappa shape index (κ3) is 5.79. The molecule has 2 aromatic carbocycles. The minimum atomic E-state index is -0.528. The maximum atomic E-state index is 13.5. The van der Waals surface area contributed by atoms with Gasteiger partial charge in [0.2, 0.25) is 5.91 Å². The van der Waals surface area contributed by atoms with Gasteiger partial charge < -0.3 is 16.0 Å². The lowest BCUT2D eigenvalue weighted by Gasteiger charge is -2.29. The van der Waals surface area contributed by atoms with Crippen LogP contribution in [0.5, 0.6) is 0 Å². The maximum Gasteiger partial charge on any atom is 0.254 e. The number of carbonyl (C=O) groups is 2.